The molecule has 1 aromatic heterocycles. The first-order chi connectivity index (χ1) is 29.3. The Morgan fingerprint density at radius 1 is 0.475 bits per heavy atom. The van der Waals surface area contributed by atoms with Crippen LogP contribution in [0.1, 0.15) is 225 Å². The molecule has 4 nitrogen and oxygen atoms in total. The van der Waals surface area contributed by atoms with Gasteiger partial charge in [-0.05, 0) is 37.1 Å². The Bertz CT molecular complexity index is 1570. The fourth-order valence-corrected chi connectivity index (χ4v) is 8.79. The average Bonchev–Trinajstić information content (AvgIpc) is 3.80. The predicted molar refractivity (Wildman–Crippen MR) is 256 cm³/mol. The van der Waals surface area contributed by atoms with Crippen molar-refractivity contribution in [3.63, 3.8) is 0 Å². The zero-order chi connectivity index (χ0) is 41.3. The number of allylic oxidation sites excluding steroid dienone is 4. The van der Waals surface area contributed by atoms with Crippen LogP contribution in [-0.4, -0.2) is 6.54 Å². The summed E-state index contributed by atoms with van der Waals surface area (Å²) >= 11 is 0. The molecule has 0 spiro atoms. The van der Waals surface area contributed by atoms with Gasteiger partial charge >= 0.3 is 5.89 Å². The molecule has 328 valence electrons. The first-order valence-corrected chi connectivity index (χ1v) is 25.3. The van der Waals surface area contributed by atoms with Crippen molar-refractivity contribution in [2.45, 2.75) is 226 Å². The highest BCUT2D eigenvalue weighted by molar-refractivity contribution is 5.69. The molecule has 0 saturated carbocycles. The number of benzene rings is 2. The average molecular weight is 808 g/mol. The van der Waals surface area contributed by atoms with Gasteiger partial charge in [-0.25, -0.2) is 0 Å². The lowest BCUT2D eigenvalue weighted by atomic mass is 10.0. The van der Waals surface area contributed by atoms with E-state index in [1.807, 2.05) is 0 Å². The number of hydrogen-bond donors (Lipinski definition) is 0. The number of rotatable bonds is 37. The van der Waals surface area contributed by atoms with Gasteiger partial charge in [-0.2, -0.15) is 4.57 Å². The zero-order valence-electron chi connectivity index (χ0n) is 38.3. The van der Waals surface area contributed by atoms with Crippen molar-refractivity contribution in [1.29, 1.82) is 0 Å². The lowest BCUT2D eigenvalue weighted by molar-refractivity contribution is -0.678. The topological polar surface area (TPSA) is 29.5 Å². The molecule has 4 heteroatoms. The Kier molecular flexibility index (Phi) is 26.7. The second-order valence-corrected chi connectivity index (χ2v) is 17.6. The van der Waals surface area contributed by atoms with Crippen molar-refractivity contribution < 1.29 is 13.7 Å². The molecule has 0 atom stereocenters. The summed E-state index contributed by atoms with van der Waals surface area (Å²) in [6.45, 7) is 6.58. The van der Waals surface area contributed by atoms with Crippen molar-refractivity contribution >= 4 is 22.9 Å². The smallest absolute Gasteiger partial charge is 0.374 e. The summed E-state index contributed by atoms with van der Waals surface area (Å²) in [7, 11) is 0. The first-order valence-electron chi connectivity index (χ1n) is 25.3. The van der Waals surface area contributed by atoms with Gasteiger partial charge in [0.1, 0.15) is 0 Å². The van der Waals surface area contributed by atoms with Crippen LogP contribution in [0.3, 0.4) is 0 Å². The molecule has 0 fully saturated rings. The van der Waals surface area contributed by atoms with Gasteiger partial charge in [0.15, 0.2) is 12.3 Å². The quantitative estimate of drug-likeness (QED) is 0.0330. The van der Waals surface area contributed by atoms with Crippen LogP contribution < -0.4 is 14.2 Å². The van der Waals surface area contributed by atoms with Crippen molar-refractivity contribution in [2.75, 3.05) is 11.4 Å². The van der Waals surface area contributed by atoms with E-state index in [0.717, 1.165) is 36.2 Å². The zero-order valence-corrected chi connectivity index (χ0v) is 38.3. The van der Waals surface area contributed by atoms with Crippen molar-refractivity contribution in [3.8, 4) is 5.75 Å². The van der Waals surface area contributed by atoms with E-state index < -0.39 is 0 Å². The molecule has 1 aliphatic heterocycles. The minimum atomic E-state index is 0.916. The van der Waals surface area contributed by atoms with Gasteiger partial charge in [-0.3, -0.25) is 0 Å². The van der Waals surface area contributed by atoms with Crippen LogP contribution in [0.5, 0.6) is 5.75 Å². The molecule has 4 rings (SSSR count). The summed E-state index contributed by atoms with van der Waals surface area (Å²) in [4.78, 5) is 2.36. The van der Waals surface area contributed by atoms with Gasteiger partial charge in [0.2, 0.25) is 11.5 Å². The Labute approximate surface area is 363 Å². The van der Waals surface area contributed by atoms with Crippen molar-refractivity contribution in [3.05, 3.63) is 84.6 Å². The highest BCUT2D eigenvalue weighted by Crippen LogP contribution is 2.38. The molecule has 0 aliphatic carbocycles. The predicted octanol–water partition coefficient (Wildman–Crippen LogP) is 17.6. The van der Waals surface area contributed by atoms with Crippen LogP contribution in [0.4, 0.5) is 5.69 Å². The van der Waals surface area contributed by atoms with Crippen LogP contribution in [0.2, 0.25) is 0 Å². The Balaban J connectivity index is 1.11. The molecule has 0 amide bonds. The lowest BCUT2D eigenvalue weighted by Gasteiger charge is -2.18. The summed E-state index contributed by atoms with van der Waals surface area (Å²) in [5.74, 6) is 2.79. The van der Waals surface area contributed by atoms with Gasteiger partial charge in [0.05, 0.1) is 11.8 Å². The van der Waals surface area contributed by atoms with E-state index in [1.54, 1.807) is 0 Å². The molecule has 2 aromatic carbocycles. The largest absolute Gasteiger partial charge is 0.439 e. The van der Waals surface area contributed by atoms with E-state index in [1.165, 1.54) is 217 Å². The number of unbranched alkanes of at least 4 members (excludes halogenated alkanes) is 30. The second kappa shape index (κ2) is 32.5. The Morgan fingerprint density at radius 3 is 1.47 bits per heavy atom. The third kappa shape index (κ3) is 20.2. The number of oxazole rings is 1. The highest BCUT2D eigenvalue weighted by atomic mass is 16.5. The number of nitrogens with zero attached hydrogens (tertiary/aromatic N) is 2. The molecule has 0 radical (unpaired) electrons. The molecule has 1 aliphatic rings. The van der Waals surface area contributed by atoms with E-state index in [9.17, 15) is 0 Å². The number of ether oxygens (including phenoxy) is 1. The summed E-state index contributed by atoms with van der Waals surface area (Å²) in [6, 6.07) is 16.9. The van der Waals surface area contributed by atoms with Crippen LogP contribution in [0.15, 0.2) is 83.1 Å². The number of fused-ring (bicyclic) bond motifs is 2. The second-order valence-electron chi connectivity index (χ2n) is 17.6. The van der Waals surface area contributed by atoms with Gasteiger partial charge in [0.25, 0.3) is 5.52 Å². The monoisotopic (exact) mass is 808 g/mol. The summed E-state index contributed by atoms with van der Waals surface area (Å²) in [5, 5.41) is 0. The number of para-hydroxylation sites is 4. The molecule has 0 saturated heterocycles. The van der Waals surface area contributed by atoms with Gasteiger partial charge in [-0.15, -0.1) is 0 Å². The fourth-order valence-electron chi connectivity index (χ4n) is 8.79. The Morgan fingerprint density at radius 2 is 0.932 bits per heavy atom. The lowest BCUT2D eigenvalue weighted by Crippen LogP contribution is -2.35. The third-order valence-corrected chi connectivity index (χ3v) is 12.4. The van der Waals surface area contributed by atoms with E-state index in [-0.39, 0.29) is 0 Å². The highest BCUT2D eigenvalue weighted by Gasteiger charge is 2.25. The number of aromatic nitrogens is 1. The number of anilines is 1. The maximum atomic E-state index is 6.33. The van der Waals surface area contributed by atoms with Crippen LogP contribution in [0.25, 0.3) is 17.2 Å². The van der Waals surface area contributed by atoms with Crippen molar-refractivity contribution in [1.82, 2.24) is 0 Å². The van der Waals surface area contributed by atoms with Crippen LogP contribution in [-0.2, 0) is 6.54 Å². The standard InChI is InChI=1S/C55H87N2O2/c1-3-5-7-9-11-13-15-17-19-21-23-25-27-29-31-40-48-56-50-42-36-38-44-52(50)58-54(56)46-34-33-35-47-55-57(51-43-37-39-45-53(51)59-55)49-41-32-30-28-26-24-22-20-18-16-14-12-10-8-6-4-2/h33-39,42-47H,3-32,40-41,48-49H2,1-2H3/q+1. The summed E-state index contributed by atoms with van der Waals surface area (Å²) in [5.41, 5.74) is 3.32. The summed E-state index contributed by atoms with van der Waals surface area (Å²) in [6.07, 6.45) is 55.0. The number of aryl methyl sites for hydroxylation is 1. The van der Waals surface area contributed by atoms with Gasteiger partial charge < -0.3 is 14.1 Å². The number of hydrogen-bond acceptors (Lipinski definition) is 3. The van der Waals surface area contributed by atoms with E-state index in [4.69, 9.17) is 9.15 Å². The van der Waals surface area contributed by atoms with E-state index in [2.05, 4.69) is 102 Å². The minimum absolute atomic E-state index is 0.916. The van der Waals surface area contributed by atoms with Gasteiger partial charge in [-0.1, -0.05) is 243 Å². The van der Waals surface area contributed by atoms with Crippen LogP contribution >= 0.6 is 0 Å². The normalized spacial score (nSPS) is 13.5. The molecular formula is C55H87N2O2+. The van der Waals surface area contributed by atoms with Gasteiger partial charge in [0, 0.05) is 19.0 Å². The molecule has 3 aromatic rings. The SMILES string of the molecule is CCCCCCCCCCCCCCCCCCN1\C(=C/C=C/C=C/c2oc3ccccc3[n+]2CCCCCCCCCCCCCCCCCC)Oc2ccccc21. The molecule has 2 heterocycles. The van der Waals surface area contributed by atoms with Crippen molar-refractivity contribution in [2.24, 2.45) is 0 Å². The molecular weight excluding hydrogens is 721 g/mol. The van der Waals surface area contributed by atoms with Crippen LogP contribution in [0, 0.1) is 0 Å². The molecule has 0 unspecified atom stereocenters. The molecule has 0 N–H and O–H groups in total. The molecule has 0 bridgehead atoms. The van der Waals surface area contributed by atoms with E-state index in [0.29, 0.717) is 0 Å². The van der Waals surface area contributed by atoms with E-state index >= 15 is 0 Å². The minimum Gasteiger partial charge on any atom is -0.439 e. The third-order valence-electron chi connectivity index (χ3n) is 12.4. The maximum absolute atomic E-state index is 6.33. The molecule has 59 heavy (non-hydrogen) atoms. The Hall–Kier alpha value is -3.27. The summed E-state index contributed by atoms with van der Waals surface area (Å²) < 4.78 is 15.0. The first kappa shape index (κ1) is 48.4. The maximum Gasteiger partial charge on any atom is 0.374 e. The fraction of sp³-hybridized carbons (Fsp3) is 0.655.